The summed E-state index contributed by atoms with van der Waals surface area (Å²) in [4.78, 5) is 4.21. The Kier molecular flexibility index (Phi) is 4.01. The van der Waals surface area contributed by atoms with Gasteiger partial charge in [-0.25, -0.2) is 4.98 Å². The Morgan fingerprint density at radius 1 is 1.42 bits per heavy atom. The Bertz CT molecular complexity index is 540. The Morgan fingerprint density at radius 2 is 2.32 bits per heavy atom. The molecule has 0 radical (unpaired) electrons. The van der Waals surface area contributed by atoms with Crippen LogP contribution >= 0.6 is 22.9 Å². The maximum Gasteiger partial charge on any atom is 0.142 e. The number of rotatable bonds is 6. The van der Waals surface area contributed by atoms with Crippen LogP contribution in [0, 0.1) is 0 Å². The monoisotopic (exact) mass is 294 g/mol. The molecule has 5 heteroatoms. The summed E-state index contributed by atoms with van der Waals surface area (Å²) in [6.07, 6.45) is 2.55. The predicted octanol–water partition coefficient (Wildman–Crippen LogP) is 3.63. The number of para-hydroxylation sites is 1. The first kappa shape index (κ1) is 12.9. The van der Waals surface area contributed by atoms with Crippen LogP contribution in [0.3, 0.4) is 0 Å². The van der Waals surface area contributed by atoms with Crippen molar-refractivity contribution < 1.29 is 4.74 Å². The standard InChI is InChI=1S/C14H15ClN2OS/c15-13-3-1-2-10(6-16-11-4-5-11)14(13)18-7-12-8-19-9-17-12/h1-3,8-9,11,16H,4-7H2. The average molecular weight is 295 g/mol. The molecule has 3 nitrogen and oxygen atoms in total. The molecular formula is C14H15ClN2OS. The highest BCUT2D eigenvalue weighted by Gasteiger charge is 2.21. The van der Waals surface area contributed by atoms with Gasteiger partial charge in [0.25, 0.3) is 0 Å². The third-order valence-corrected chi connectivity index (χ3v) is 3.99. The molecule has 1 heterocycles. The van der Waals surface area contributed by atoms with E-state index in [2.05, 4.69) is 16.4 Å². The Balaban J connectivity index is 1.69. The smallest absolute Gasteiger partial charge is 0.142 e. The first-order chi connectivity index (χ1) is 9.33. The summed E-state index contributed by atoms with van der Waals surface area (Å²) in [5, 5.41) is 6.12. The van der Waals surface area contributed by atoms with Gasteiger partial charge in [-0.15, -0.1) is 11.3 Å². The van der Waals surface area contributed by atoms with Crippen LogP contribution in [0.5, 0.6) is 5.75 Å². The van der Waals surface area contributed by atoms with E-state index in [0.29, 0.717) is 17.7 Å². The Hall–Kier alpha value is -1.10. The first-order valence-electron chi connectivity index (χ1n) is 6.33. The van der Waals surface area contributed by atoms with Gasteiger partial charge in [0.1, 0.15) is 12.4 Å². The topological polar surface area (TPSA) is 34.1 Å². The lowest BCUT2D eigenvalue weighted by molar-refractivity contribution is 0.298. The zero-order valence-corrected chi connectivity index (χ0v) is 12.0. The highest BCUT2D eigenvalue weighted by molar-refractivity contribution is 7.07. The highest BCUT2D eigenvalue weighted by Crippen LogP contribution is 2.30. The van der Waals surface area contributed by atoms with E-state index in [1.54, 1.807) is 16.8 Å². The lowest BCUT2D eigenvalue weighted by atomic mass is 10.2. The van der Waals surface area contributed by atoms with Crippen LogP contribution in [0.4, 0.5) is 0 Å². The molecule has 100 valence electrons. The van der Waals surface area contributed by atoms with Gasteiger partial charge in [0.15, 0.2) is 0 Å². The number of nitrogens with zero attached hydrogens (tertiary/aromatic N) is 1. The lowest BCUT2D eigenvalue weighted by Gasteiger charge is -2.13. The van der Waals surface area contributed by atoms with E-state index in [1.807, 2.05) is 17.5 Å². The van der Waals surface area contributed by atoms with E-state index in [4.69, 9.17) is 16.3 Å². The van der Waals surface area contributed by atoms with Crippen molar-refractivity contribution in [2.24, 2.45) is 0 Å². The number of hydrogen-bond acceptors (Lipinski definition) is 4. The van der Waals surface area contributed by atoms with Crippen LogP contribution in [0.15, 0.2) is 29.1 Å². The molecule has 1 aromatic carbocycles. The van der Waals surface area contributed by atoms with Crippen LogP contribution in [0.2, 0.25) is 5.02 Å². The van der Waals surface area contributed by atoms with Gasteiger partial charge >= 0.3 is 0 Å². The minimum atomic E-state index is 0.462. The maximum atomic E-state index is 6.23. The number of thiazole rings is 1. The van der Waals surface area contributed by atoms with E-state index in [9.17, 15) is 0 Å². The van der Waals surface area contributed by atoms with Gasteiger partial charge in [0.2, 0.25) is 0 Å². The van der Waals surface area contributed by atoms with Crippen molar-refractivity contribution in [1.82, 2.24) is 10.3 Å². The van der Waals surface area contributed by atoms with Crippen molar-refractivity contribution in [1.29, 1.82) is 0 Å². The summed E-state index contributed by atoms with van der Waals surface area (Å²) in [7, 11) is 0. The minimum Gasteiger partial charge on any atom is -0.485 e. The van der Waals surface area contributed by atoms with Crippen LogP contribution in [-0.2, 0) is 13.2 Å². The molecule has 0 aliphatic heterocycles. The highest BCUT2D eigenvalue weighted by atomic mass is 35.5. The van der Waals surface area contributed by atoms with E-state index < -0.39 is 0 Å². The van der Waals surface area contributed by atoms with Gasteiger partial charge in [0, 0.05) is 23.5 Å². The van der Waals surface area contributed by atoms with Crippen LogP contribution in [-0.4, -0.2) is 11.0 Å². The molecule has 2 aromatic rings. The van der Waals surface area contributed by atoms with E-state index in [-0.39, 0.29) is 0 Å². The molecule has 0 saturated heterocycles. The average Bonchev–Trinajstić information content (AvgIpc) is 3.10. The van der Waals surface area contributed by atoms with Gasteiger partial charge in [-0.2, -0.15) is 0 Å². The summed E-state index contributed by atoms with van der Waals surface area (Å²) < 4.78 is 5.84. The Labute approximate surface area is 121 Å². The lowest BCUT2D eigenvalue weighted by Crippen LogP contribution is -2.16. The summed E-state index contributed by atoms with van der Waals surface area (Å²) >= 11 is 7.80. The predicted molar refractivity (Wildman–Crippen MR) is 77.8 cm³/mol. The molecule has 1 aliphatic carbocycles. The van der Waals surface area contributed by atoms with Crippen LogP contribution in [0.25, 0.3) is 0 Å². The fourth-order valence-electron chi connectivity index (χ4n) is 1.85. The maximum absolute atomic E-state index is 6.23. The molecule has 0 unspecified atom stereocenters. The van der Waals surface area contributed by atoms with E-state index in [0.717, 1.165) is 23.6 Å². The fraction of sp³-hybridized carbons (Fsp3) is 0.357. The normalized spacial score (nSPS) is 14.6. The van der Waals surface area contributed by atoms with Crippen molar-refractivity contribution in [2.75, 3.05) is 0 Å². The fourth-order valence-corrected chi connectivity index (χ4v) is 2.64. The largest absolute Gasteiger partial charge is 0.485 e. The van der Waals surface area contributed by atoms with Gasteiger partial charge in [-0.1, -0.05) is 23.7 Å². The second-order valence-corrected chi connectivity index (χ2v) is 5.78. The minimum absolute atomic E-state index is 0.462. The zero-order chi connectivity index (χ0) is 13.1. The van der Waals surface area contributed by atoms with E-state index >= 15 is 0 Å². The number of aromatic nitrogens is 1. The third kappa shape index (κ3) is 3.47. The summed E-state index contributed by atoms with van der Waals surface area (Å²) in [5.74, 6) is 0.769. The zero-order valence-electron chi connectivity index (χ0n) is 10.4. The number of ether oxygens (including phenoxy) is 1. The molecule has 1 aromatic heterocycles. The summed E-state index contributed by atoms with van der Waals surface area (Å²) in [6, 6.07) is 6.54. The molecular weight excluding hydrogens is 280 g/mol. The SMILES string of the molecule is Clc1cccc(CNC2CC2)c1OCc1cscn1. The second kappa shape index (κ2) is 5.90. The quantitative estimate of drug-likeness (QED) is 0.883. The number of hydrogen-bond donors (Lipinski definition) is 1. The van der Waals surface area contributed by atoms with Crippen molar-refractivity contribution in [2.45, 2.75) is 32.0 Å². The summed E-state index contributed by atoms with van der Waals surface area (Å²) in [6.45, 7) is 1.27. The number of benzene rings is 1. The molecule has 19 heavy (non-hydrogen) atoms. The van der Waals surface area contributed by atoms with Crippen molar-refractivity contribution in [3.05, 3.63) is 45.4 Å². The second-order valence-electron chi connectivity index (χ2n) is 4.65. The van der Waals surface area contributed by atoms with Gasteiger partial charge < -0.3 is 10.1 Å². The molecule has 0 amide bonds. The van der Waals surface area contributed by atoms with Crippen molar-refractivity contribution >= 4 is 22.9 Å². The van der Waals surface area contributed by atoms with Crippen LogP contribution < -0.4 is 10.1 Å². The molecule has 0 spiro atoms. The van der Waals surface area contributed by atoms with Crippen LogP contribution in [0.1, 0.15) is 24.1 Å². The van der Waals surface area contributed by atoms with Gasteiger partial charge in [-0.05, 0) is 18.9 Å². The van der Waals surface area contributed by atoms with Crippen molar-refractivity contribution in [3.8, 4) is 5.75 Å². The molecule has 1 saturated carbocycles. The molecule has 0 atom stereocenters. The molecule has 0 bridgehead atoms. The van der Waals surface area contributed by atoms with Crippen molar-refractivity contribution in [3.63, 3.8) is 0 Å². The number of nitrogens with one attached hydrogen (secondary N) is 1. The molecule has 3 rings (SSSR count). The molecule has 1 fully saturated rings. The summed E-state index contributed by atoms with van der Waals surface area (Å²) in [5.41, 5.74) is 3.85. The first-order valence-corrected chi connectivity index (χ1v) is 7.65. The Morgan fingerprint density at radius 3 is 3.05 bits per heavy atom. The van der Waals surface area contributed by atoms with E-state index in [1.165, 1.54) is 12.8 Å². The molecule has 1 aliphatic rings. The van der Waals surface area contributed by atoms with Gasteiger partial charge in [0.05, 0.1) is 16.2 Å². The van der Waals surface area contributed by atoms with Gasteiger partial charge in [-0.3, -0.25) is 0 Å². The molecule has 1 N–H and O–H groups in total. The number of halogens is 1. The third-order valence-electron chi connectivity index (χ3n) is 3.05.